The van der Waals surface area contributed by atoms with E-state index in [-0.39, 0.29) is 6.61 Å². The zero-order chi connectivity index (χ0) is 16.1. The molecule has 2 N–H and O–H groups in total. The first-order valence-corrected chi connectivity index (χ1v) is 7.93. The highest BCUT2D eigenvalue weighted by molar-refractivity contribution is 5.29. The SMILES string of the molecule is Cc1cc(C)cc(CCNCc2c(C)nn(CCO)c2C)c1. The molecule has 0 aliphatic heterocycles. The topological polar surface area (TPSA) is 50.1 Å². The van der Waals surface area contributed by atoms with Crippen molar-refractivity contribution < 1.29 is 5.11 Å². The molecule has 0 aliphatic carbocycles. The van der Waals surface area contributed by atoms with E-state index in [4.69, 9.17) is 5.11 Å². The van der Waals surface area contributed by atoms with Crippen molar-refractivity contribution in [2.75, 3.05) is 13.2 Å². The maximum Gasteiger partial charge on any atom is 0.0644 e. The molecule has 120 valence electrons. The maximum atomic E-state index is 9.05. The van der Waals surface area contributed by atoms with Gasteiger partial charge in [0.2, 0.25) is 0 Å². The molecule has 4 heteroatoms. The highest BCUT2D eigenvalue weighted by Crippen LogP contribution is 2.13. The molecule has 0 aliphatic rings. The van der Waals surface area contributed by atoms with Gasteiger partial charge in [0.15, 0.2) is 0 Å². The van der Waals surface area contributed by atoms with E-state index in [1.54, 1.807) is 0 Å². The Hall–Kier alpha value is -1.65. The van der Waals surface area contributed by atoms with Crippen LogP contribution in [-0.4, -0.2) is 28.0 Å². The van der Waals surface area contributed by atoms with Gasteiger partial charge in [-0.05, 0) is 46.2 Å². The minimum Gasteiger partial charge on any atom is -0.394 e. The van der Waals surface area contributed by atoms with Crippen LogP contribution < -0.4 is 5.32 Å². The monoisotopic (exact) mass is 301 g/mol. The molecule has 0 radical (unpaired) electrons. The van der Waals surface area contributed by atoms with E-state index < -0.39 is 0 Å². The van der Waals surface area contributed by atoms with Crippen molar-refractivity contribution in [3.05, 3.63) is 51.8 Å². The third kappa shape index (κ3) is 4.18. The summed E-state index contributed by atoms with van der Waals surface area (Å²) >= 11 is 0. The van der Waals surface area contributed by atoms with Crippen LogP contribution >= 0.6 is 0 Å². The second kappa shape index (κ2) is 7.56. The summed E-state index contributed by atoms with van der Waals surface area (Å²) < 4.78 is 1.89. The van der Waals surface area contributed by atoms with Crippen LogP contribution in [0.1, 0.15) is 33.6 Å². The number of aliphatic hydroxyl groups is 1. The standard InChI is InChI=1S/C18H27N3O/c1-13-9-14(2)11-17(10-13)5-6-19-12-18-15(3)20-21(7-8-22)16(18)4/h9-11,19,22H,5-8,12H2,1-4H3. The molecule has 1 aromatic carbocycles. The molecule has 22 heavy (non-hydrogen) atoms. The summed E-state index contributed by atoms with van der Waals surface area (Å²) in [4.78, 5) is 0. The van der Waals surface area contributed by atoms with Crippen LogP contribution in [0.15, 0.2) is 18.2 Å². The summed E-state index contributed by atoms with van der Waals surface area (Å²) in [5.41, 5.74) is 7.47. The molecule has 2 aromatic rings. The third-order valence-corrected chi connectivity index (χ3v) is 4.02. The molecule has 0 amide bonds. The van der Waals surface area contributed by atoms with Crippen LogP contribution in [0.3, 0.4) is 0 Å². The van der Waals surface area contributed by atoms with Gasteiger partial charge in [-0.2, -0.15) is 5.10 Å². The Morgan fingerprint density at radius 3 is 2.41 bits per heavy atom. The van der Waals surface area contributed by atoms with Crippen molar-refractivity contribution in [3.8, 4) is 0 Å². The summed E-state index contributed by atoms with van der Waals surface area (Å²) in [6.45, 7) is 10.9. The molecular formula is C18H27N3O. The van der Waals surface area contributed by atoms with Gasteiger partial charge in [-0.1, -0.05) is 29.3 Å². The van der Waals surface area contributed by atoms with Crippen LogP contribution in [0, 0.1) is 27.7 Å². The van der Waals surface area contributed by atoms with E-state index in [1.807, 2.05) is 11.6 Å². The van der Waals surface area contributed by atoms with E-state index in [0.717, 1.165) is 30.9 Å². The molecular weight excluding hydrogens is 274 g/mol. The zero-order valence-electron chi connectivity index (χ0n) is 14.1. The maximum absolute atomic E-state index is 9.05. The molecule has 0 atom stereocenters. The second-order valence-electron chi connectivity index (χ2n) is 6.02. The van der Waals surface area contributed by atoms with Gasteiger partial charge in [-0.3, -0.25) is 4.68 Å². The highest BCUT2D eigenvalue weighted by atomic mass is 16.3. The van der Waals surface area contributed by atoms with Gasteiger partial charge in [-0.15, -0.1) is 0 Å². The Morgan fingerprint density at radius 2 is 1.77 bits per heavy atom. The number of hydrogen-bond acceptors (Lipinski definition) is 3. The zero-order valence-corrected chi connectivity index (χ0v) is 14.1. The Labute approximate surface area is 133 Å². The fourth-order valence-corrected chi connectivity index (χ4v) is 2.96. The molecule has 2 rings (SSSR count). The van der Waals surface area contributed by atoms with Crippen LogP contribution in [0.2, 0.25) is 0 Å². The molecule has 0 bridgehead atoms. The molecule has 4 nitrogen and oxygen atoms in total. The van der Waals surface area contributed by atoms with Gasteiger partial charge in [0.05, 0.1) is 18.8 Å². The normalized spacial score (nSPS) is 11.1. The third-order valence-electron chi connectivity index (χ3n) is 4.02. The number of rotatable bonds is 7. The smallest absolute Gasteiger partial charge is 0.0644 e. The van der Waals surface area contributed by atoms with Gasteiger partial charge >= 0.3 is 0 Å². The first kappa shape index (κ1) is 16.7. The van der Waals surface area contributed by atoms with E-state index in [9.17, 15) is 0 Å². The van der Waals surface area contributed by atoms with Gasteiger partial charge < -0.3 is 10.4 Å². The van der Waals surface area contributed by atoms with E-state index in [0.29, 0.717) is 6.54 Å². The number of aromatic nitrogens is 2. The molecule has 0 spiro atoms. The number of aliphatic hydroxyl groups excluding tert-OH is 1. The van der Waals surface area contributed by atoms with Gasteiger partial charge in [0.1, 0.15) is 0 Å². The average molecular weight is 301 g/mol. The number of hydrogen-bond donors (Lipinski definition) is 2. The van der Waals surface area contributed by atoms with Crippen LogP contribution in [0.5, 0.6) is 0 Å². The number of benzene rings is 1. The minimum atomic E-state index is 0.127. The van der Waals surface area contributed by atoms with E-state index in [2.05, 4.69) is 49.4 Å². The fourth-order valence-electron chi connectivity index (χ4n) is 2.96. The second-order valence-corrected chi connectivity index (χ2v) is 6.02. The van der Waals surface area contributed by atoms with Gasteiger partial charge in [-0.25, -0.2) is 0 Å². The van der Waals surface area contributed by atoms with Gasteiger partial charge in [0.25, 0.3) is 0 Å². The summed E-state index contributed by atoms with van der Waals surface area (Å²) in [5.74, 6) is 0. The average Bonchev–Trinajstić information content (AvgIpc) is 2.70. The number of aryl methyl sites for hydroxylation is 3. The minimum absolute atomic E-state index is 0.127. The Kier molecular flexibility index (Phi) is 5.75. The van der Waals surface area contributed by atoms with E-state index in [1.165, 1.54) is 22.3 Å². The lowest BCUT2D eigenvalue weighted by Crippen LogP contribution is -2.18. The van der Waals surface area contributed by atoms with Crippen LogP contribution in [-0.2, 0) is 19.5 Å². The quantitative estimate of drug-likeness (QED) is 0.772. The fraction of sp³-hybridized carbons (Fsp3) is 0.500. The summed E-state index contributed by atoms with van der Waals surface area (Å²) in [5, 5.41) is 17.0. The molecule has 0 saturated carbocycles. The van der Waals surface area contributed by atoms with E-state index >= 15 is 0 Å². The lowest BCUT2D eigenvalue weighted by Gasteiger charge is -2.08. The molecule has 0 unspecified atom stereocenters. The summed E-state index contributed by atoms with van der Waals surface area (Å²) in [6, 6.07) is 6.72. The predicted octanol–water partition coefficient (Wildman–Crippen LogP) is 2.44. The number of nitrogens with zero attached hydrogens (tertiary/aromatic N) is 2. The molecule has 1 aromatic heterocycles. The molecule has 1 heterocycles. The first-order valence-electron chi connectivity index (χ1n) is 7.93. The van der Waals surface area contributed by atoms with Crippen molar-refractivity contribution in [1.82, 2.24) is 15.1 Å². The lowest BCUT2D eigenvalue weighted by atomic mass is 10.1. The molecule has 0 fully saturated rings. The first-order chi connectivity index (χ1) is 10.5. The largest absolute Gasteiger partial charge is 0.394 e. The molecule has 0 saturated heterocycles. The Morgan fingerprint density at radius 1 is 1.09 bits per heavy atom. The van der Waals surface area contributed by atoms with Crippen LogP contribution in [0.25, 0.3) is 0 Å². The van der Waals surface area contributed by atoms with Crippen molar-refractivity contribution in [3.63, 3.8) is 0 Å². The van der Waals surface area contributed by atoms with Crippen molar-refractivity contribution in [2.24, 2.45) is 0 Å². The Balaban J connectivity index is 1.89. The Bertz CT molecular complexity index is 611. The van der Waals surface area contributed by atoms with Crippen molar-refractivity contribution in [1.29, 1.82) is 0 Å². The van der Waals surface area contributed by atoms with Crippen molar-refractivity contribution >= 4 is 0 Å². The van der Waals surface area contributed by atoms with Crippen LogP contribution in [0.4, 0.5) is 0 Å². The van der Waals surface area contributed by atoms with Crippen molar-refractivity contribution in [2.45, 2.75) is 47.2 Å². The van der Waals surface area contributed by atoms with Gasteiger partial charge in [0, 0.05) is 17.8 Å². The predicted molar refractivity (Wildman–Crippen MR) is 90.1 cm³/mol. The lowest BCUT2D eigenvalue weighted by molar-refractivity contribution is 0.267. The highest BCUT2D eigenvalue weighted by Gasteiger charge is 2.10. The summed E-state index contributed by atoms with van der Waals surface area (Å²) in [6.07, 6.45) is 1.03. The summed E-state index contributed by atoms with van der Waals surface area (Å²) in [7, 11) is 0. The number of nitrogens with one attached hydrogen (secondary N) is 1.